The lowest BCUT2D eigenvalue weighted by atomic mass is 9.89. The minimum Gasteiger partial charge on any atom is -0.389 e. The van der Waals surface area contributed by atoms with E-state index in [4.69, 9.17) is 10.5 Å². The Hall–Kier alpha value is -0.120. The standard InChI is InChI=1S/C13H27NO2/c1-11-5-3-6-12(9-11)16-8-4-7-13(2,15)10-14/h11-12,15H,3-10,14H2,1-2H3. The van der Waals surface area contributed by atoms with Gasteiger partial charge in [0.15, 0.2) is 0 Å². The van der Waals surface area contributed by atoms with Crippen LogP contribution in [0.1, 0.15) is 52.4 Å². The van der Waals surface area contributed by atoms with Crippen LogP contribution in [0.15, 0.2) is 0 Å². The van der Waals surface area contributed by atoms with Crippen LogP contribution in [0.5, 0.6) is 0 Å². The second-order valence-corrected chi connectivity index (χ2v) is 5.57. The average Bonchev–Trinajstić information content (AvgIpc) is 2.25. The number of hydrogen-bond donors (Lipinski definition) is 2. The molecule has 3 N–H and O–H groups in total. The third kappa shape index (κ3) is 5.28. The normalized spacial score (nSPS) is 30.0. The molecule has 3 atom stereocenters. The molecule has 0 heterocycles. The van der Waals surface area contributed by atoms with Crippen molar-refractivity contribution in [3.63, 3.8) is 0 Å². The summed E-state index contributed by atoms with van der Waals surface area (Å²) in [6.07, 6.45) is 7.13. The van der Waals surface area contributed by atoms with Gasteiger partial charge in [0.05, 0.1) is 11.7 Å². The molecule has 0 aliphatic heterocycles. The van der Waals surface area contributed by atoms with E-state index in [1.54, 1.807) is 6.92 Å². The maximum absolute atomic E-state index is 9.72. The first-order chi connectivity index (χ1) is 7.53. The van der Waals surface area contributed by atoms with Crippen molar-refractivity contribution in [2.75, 3.05) is 13.2 Å². The second-order valence-electron chi connectivity index (χ2n) is 5.57. The first-order valence-electron chi connectivity index (χ1n) is 6.57. The number of rotatable bonds is 6. The fraction of sp³-hybridized carbons (Fsp3) is 1.00. The van der Waals surface area contributed by atoms with Crippen molar-refractivity contribution >= 4 is 0 Å². The van der Waals surface area contributed by atoms with Gasteiger partial charge in [0.1, 0.15) is 0 Å². The van der Waals surface area contributed by atoms with E-state index in [2.05, 4.69) is 6.92 Å². The van der Waals surface area contributed by atoms with E-state index in [0.717, 1.165) is 25.4 Å². The lowest BCUT2D eigenvalue weighted by Gasteiger charge is -2.27. The average molecular weight is 229 g/mol. The first-order valence-corrected chi connectivity index (χ1v) is 6.57. The maximum Gasteiger partial charge on any atom is 0.0742 e. The molecule has 0 radical (unpaired) electrons. The quantitative estimate of drug-likeness (QED) is 0.686. The van der Waals surface area contributed by atoms with Crippen molar-refractivity contribution in [2.45, 2.75) is 64.1 Å². The highest BCUT2D eigenvalue weighted by Crippen LogP contribution is 2.25. The van der Waals surface area contributed by atoms with Crippen LogP contribution in [-0.2, 0) is 4.74 Å². The highest BCUT2D eigenvalue weighted by atomic mass is 16.5. The van der Waals surface area contributed by atoms with Crippen LogP contribution in [-0.4, -0.2) is 30.0 Å². The largest absolute Gasteiger partial charge is 0.389 e. The molecule has 0 aromatic rings. The van der Waals surface area contributed by atoms with Crippen molar-refractivity contribution in [1.82, 2.24) is 0 Å². The van der Waals surface area contributed by atoms with Crippen molar-refractivity contribution in [2.24, 2.45) is 11.7 Å². The van der Waals surface area contributed by atoms with Gasteiger partial charge in [0.2, 0.25) is 0 Å². The highest BCUT2D eigenvalue weighted by molar-refractivity contribution is 4.73. The molecule has 3 nitrogen and oxygen atoms in total. The molecular formula is C13H27NO2. The van der Waals surface area contributed by atoms with Gasteiger partial charge in [0.25, 0.3) is 0 Å². The number of aliphatic hydroxyl groups is 1. The highest BCUT2D eigenvalue weighted by Gasteiger charge is 2.20. The topological polar surface area (TPSA) is 55.5 Å². The summed E-state index contributed by atoms with van der Waals surface area (Å²) in [4.78, 5) is 0. The lowest BCUT2D eigenvalue weighted by molar-refractivity contribution is -0.00111. The predicted molar refractivity (Wildman–Crippen MR) is 66.3 cm³/mol. The van der Waals surface area contributed by atoms with Gasteiger partial charge < -0.3 is 15.6 Å². The Bertz CT molecular complexity index is 194. The molecule has 1 aliphatic rings. The number of hydrogen-bond acceptors (Lipinski definition) is 3. The van der Waals surface area contributed by atoms with E-state index < -0.39 is 5.60 Å². The molecule has 1 aliphatic carbocycles. The maximum atomic E-state index is 9.72. The van der Waals surface area contributed by atoms with Gasteiger partial charge >= 0.3 is 0 Å². The zero-order valence-electron chi connectivity index (χ0n) is 10.7. The van der Waals surface area contributed by atoms with Gasteiger partial charge in [-0.05, 0) is 38.5 Å². The lowest BCUT2D eigenvalue weighted by Crippen LogP contribution is -2.34. The van der Waals surface area contributed by atoms with Crippen molar-refractivity contribution in [3.05, 3.63) is 0 Å². The molecule has 0 aromatic heterocycles. The summed E-state index contributed by atoms with van der Waals surface area (Å²) in [5.41, 5.74) is 4.74. The predicted octanol–water partition coefficient (Wildman–Crippen LogP) is 2.07. The van der Waals surface area contributed by atoms with E-state index >= 15 is 0 Å². The second kappa shape index (κ2) is 6.58. The molecule has 1 rings (SSSR count). The number of nitrogens with two attached hydrogens (primary N) is 1. The Balaban J connectivity index is 2.06. The molecule has 3 unspecified atom stereocenters. The summed E-state index contributed by atoms with van der Waals surface area (Å²) in [6, 6.07) is 0. The molecule has 0 amide bonds. The third-order valence-electron chi connectivity index (χ3n) is 3.54. The monoisotopic (exact) mass is 229 g/mol. The van der Waals surface area contributed by atoms with Crippen LogP contribution in [0, 0.1) is 5.92 Å². The van der Waals surface area contributed by atoms with E-state index in [1.807, 2.05) is 0 Å². The summed E-state index contributed by atoms with van der Waals surface area (Å²) < 4.78 is 5.84. The van der Waals surface area contributed by atoms with Gasteiger partial charge in [-0.25, -0.2) is 0 Å². The fourth-order valence-corrected chi connectivity index (χ4v) is 2.33. The van der Waals surface area contributed by atoms with Crippen LogP contribution in [0.4, 0.5) is 0 Å². The minimum absolute atomic E-state index is 0.327. The minimum atomic E-state index is -0.719. The zero-order chi connectivity index (χ0) is 12.0. The summed E-state index contributed by atoms with van der Waals surface area (Å²) in [5, 5.41) is 9.72. The molecule has 1 fully saturated rings. The molecule has 3 heteroatoms. The van der Waals surface area contributed by atoms with E-state index in [1.165, 1.54) is 25.7 Å². The third-order valence-corrected chi connectivity index (χ3v) is 3.54. The zero-order valence-corrected chi connectivity index (χ0v) is 10.7. The molecule has 0 bridgehead atoms. The fourth-order valence-electron chi connectivity index (χ4n) is 2.33. The Labute approximate surface area is 99.4 Å². The molecule has 0 saturated heterocycles. The van der Waals surface area contributed by atoms with Crippen LogP contribution in [0.25, 0.3) is 0 Å². The summed E-state index contributed by atoms with van der Waals surface area (Å²) in [6.45, 7) is 5.17. The van der Waals surface area contributed by atoms with Crippen LogP contribution in [0.2, 0.25) is 0 Å². The number of ether oxygens (including phenoxy) is 1. The van der Waals surface area contributed by atoms with E-state index in [0.29, 0.717) is 12.6 Å². The Morgan fingerprint density at radius 3 is 2.81 bits per heavy atom. The van der Waals surface area contributed by atoms with Crippen LogP contribution >= 0.6 is 0 Å². The summed E-state index contributed by atoms with van der Waals surface area (Å²) in [5.74, 6) is 0.811. The molecular weight excluding hydrogens is 202 g/mol. The summed E-state index contributed by atoms with van der Waals surface area (Å²) >= 11 is 0. The van der Waals surface area contributed by atoms with Gasteiger partial charge in [-0.15, -0.1) is 0 Å². The SMILES string of the molecule is CC1CCCC(OCCCC(C)(O)CN)C1. The molecule has 1 saturated carbocycles. The van der Waals surface area contributed by atoms with Crippen LogP contribution < -0.4 is 5.73 Å². The first kappa shape index (κ1) is 13.9. The van der Waals surface area contributed by atoms with Gasteiger partial charge in [-0.2, -0.15) is 0 Å². The van der Waals surface area contributed by atoms with Crippen LogP contribution in [0.3, 0.4) is 0 Å². The molecule has 0 aromatic carbocycles. The van der Waals surface area contributed by atoms with Gasteiger partial charge in [-0.3, -0.25) is 0 Å². The molecule has 0 spiro atoms. The van der Waals surface area contributed by atoms with Gasteiger partial charge in [-0.1, -0.05) is 19.8 Å². The molecule has 16 heavy (non-hydrogen) atoms. The van der Waals surface area contributed by atoms with Gasteiger partial charge in [0, 0.05) is 13.2 Å². The van der Waals surface area contributed by atoms with Crippen molar-refractivity contribution in [3.8, 4) is 0 Å². The van der Waals surface area contributed by atoms with E-state index in [9.17, 15) is 5.11 Å². The van der Waals surface area contributed by atoms with Crippen molar-refractivity contribution < 1.29 is 9.84 Å². The Kier molecular flexibility index (Phi) is 5.73. The Morgan fingerprint density at radius 2 is 2.19 bits per heavy atom. The summed E-state index contributed by atoms with van der Waals surface area (Å²) in [7, 11) is 0. The smallest absolute Gasteiger partial charge is 0.0742 e. The van der Waals surface area contributed by atoms with Crippen molar-refractivity contribution in [1.29, 1.82) is 0 Å². The Morgan fingerprint density at radius 1 is 1.44 bits per heavy atom. The molecule has 96 valence electrons. The van der Waals surface area contributed by atoms with E-state index in [-0.39, 0.29) is 0 Å².